The number of nitrogens with one attached hydrogen (secondary N) is 1. The molecule has 0 radical (unpaired) electrons. The van der Waals surface area contributed by atoms with Crippen LogP contribution in [-0.2, 0) is 10.5 Å². The first-order valence-corrected chi connectivity index (χ1v) is 5.95. The molecule has 2 nitrogen and oxygen atoms in total. The summed E-state index contributed by atoms with van der Waals surface area (Å²) >= 11 is 6.20. The van der Waals surface area contributed by atoms with Crippen LogP contribution in [0.2, 0.25) is 5.02 Å². The van der Waals surface area contributed by atoms with Gasteiger partial charge < -0.3 is 4.74 Å². The smallest absolute Gasteiger partial charge is 0.143 e. The lowest BCUT2D eigenvalue weighted by molar-refractivity contribution is -0.131. The van der Waals surface area contributed by atoms with Gasteiger partial charge in [0.1, 0.15) is 5.72 Å². The number of benzene rings is 1. The molecule has 1 aromatic rings. The standard InChI is InChI=1S/C13H18ClNO.ClH/c1-12(2)8-15-13(3,16-9-12)10-6-4-5-7-11(10)14;/h4-7,15H,8-9H2,1-3H3;1H. The molecular weight excluding hydrogens is 257 g/mol. The van der Waals surface area contributed by atoms with Crippen molar-refractivity contribution >= 4 is 24.0 Å². The summed E-state index contributed by atoms with van der Waals surface area (Å²) < 4.78 is 5.95. The predicted octanol–water partition coefficient (Wildman–Crippen LogP) is 3.58. The van der Waals surface area contributed by atoms with E-state index in [1.54, 1.807) is 0 Å². The van der Waals surface area contributed by atoms with Gasteiger partial charge in [0, 0.05) is 22.5 Å². The van der Waals surface area contributed by atoms with Gasteiger partial charge in [-0.2, -0.15) is 0 Å². The average Bonchev–Trinajstić information content (AvgIpc) is 2.24. The van der Waals surface area contributed by atoms with Crippen LogP contribution in [0.4, 0.5) is 0 Å². The van der Waals surface area contributed by atoms with E-state index in [-0.39, 0.29) is 17.8 Å². The van der Waals surface area contributed by atoms with Crippen LogP contribution >= 0.6 is 24.0 Å². The van der Waals surface area contributed by atoms with Crippen LogP contribution in [0.25, 0.3) is 0 Å². The molecule has 1 heterocycles. The number of halogens is 2. The summed E-state index contributed by atoms with van der Waals surface area (Å²) in [5, 5.41) is 4.18. The van der Waals surface area contributed by atoms with Crippen molar-refractivity contribution in [3.63, 3.8) is 0 Å². The van der Waals surface area contributed by atoms with Gasteiger partial charge in [-0.05, 0) is 13.0 Å². The number of hydrogen-bond donors (Lipinski definition) is 1. The maximum absolute atomic E-state index is 6.20. The molecule has 0 aromatic heterocycles. The average molecular weight is 276 g/mol. The van der Waals surface area contributed by atoms with Crippen molar-refractivity contribution in [2.45, 2.75) is 26.5 Å². The third-order valence-electron chi connectivity index (χ3n) is 3.04. The Hall–Kier alpha value is -0.280. The van der Waals surface area contributed by atoms with Crippen molar-refractivity contribution in [1.29, 1.82) is 0 Å². The van der Waals surface area contributed by atoms with Crippen molar-refractivity contribution in [1.82, 2.24) is 5.32 Å². The molecule has 0 saturated carbocycles. The van der Waals surface area contributed by atoms with Gasteiger partial charge in [-0.1, -0.05) is 43.6 Å². The number of hydrogen-bond acceptors (Lipinski definition) is 2. The highest BCUT2D eigenvalue weighted by Gasteiger charge is 2.37. The molecule has 1 N–H and O–H groups in total. The van der Waals surface area contributed by atoms with E-state index in [9.17, 15) is 0 Å². The SMILES string of the molecule is CC1(C)CNC(C)(c2ccccc2Cl)OC1.Cl. The van der Waals surface area contributed by atoms with Gasteiger partial charge in [0.15, 0.2) is 0 Å². The van der Waals surface area contributed by atoms with Gasteiger partial charge in [0.2, 0.25) is 0 Å². The van der Waals surface area contributed by atoms with Crippen molar-refractivity contribution < 1.29 is 4.74 Å². The summed E-state index contributed by atoms with van der Waals surface area (Å²) in [4.78, 5) is 0. The zero-order valence-corrected chi connectivity index (χ0v) is 12.0. The maximum Gasteiger partial charge on any atom is 0.143 e. The van der Waals surface area contributed by atoms with E-state index < -0.39 is 5.72 Å². The van der Waals surface area contributed by atoms with E-state index in [4.69, 9.17) is 16.3 Å². The molecule has 1 aliphatic heterocycles. The van der Waals surface area contributed by atoms with Crippen LogP contribution in [0.3, 0.4) is 0 Å². The number of ether oxygens (including phenoxy) is 1. The molecule has 0 bridgehead atoms. The summed E-state index contributed by atoms with van der Waals surface area (Å²) in [7, 11) is 0. The molecular formula is C13H19Cl2NO. The first-order chi connectivity index (χ1) is 7.43. The van der Waals surface area contributed by atoms with Crippen molar-refractivity contribution in [3.8, 4) is 0 Å². The zero-order valence-electron chi connectivity index (χ0n) is 10.4. The first kappa shape index (κ1) is 14.8. The van der Waals surface area contributed by atoms with E-state index in [0.29, 0.717) is 0 Å². The third-order valence-corrected chi connectivity index (χ3v) is 3.37. The summed E-state index contributed by atoms with van der Waals surface area (Å²) in [5.74, 6) is 0. The Bertz CT molecular complexity index is 383. The Kier molecular flexibility index (Phi) is 4.48. The lowest BCUT2D eigenvalue weighted by Gasteiger charge is -2.43. The monoisotopic (exact) mass is 275 g/mol. The summed E-state index contributed by atoms with van der Waals surface area (Å²) in [6.45, 7) is 8.07. The normalized spacial score (nSPS) is 27.3. The fraction of sp³-hybridized carbons (Fsp3) is 0.538. The van der Waals surface area contributed by atoms with Crippen LogP contribution < -0.4 is 5.32 Å². The molecule has 1 saturated heterocycles. The van der Waals surface area contributed by atoms with E-state index >= 15 is 0 Å². The highest BCUT2D eigenvalue weighted by Crippen LogP contribution is 2.34. The summed E-state index contributed by atoms with van der Waals surface area (Å²) in [6, 6.07) is 7.82. The molecule has 0 spiro atoms. The Balaban J connectivity index is 0.00000144. The van der Waals surface area contributed by atoms with Crippen LogP contribution in [-0.4, -0.2) is 13.2 Å². The lowest BCUT2D eigenvalue weighted by atomic mass is 9.90. The highest BCUT2D eigenvalue weighted by molar-refractivity contribution is 6.31. The maximum atomic E-state index is 6.20. The second-order valence-electron chi connectivity index (χ2n) is 5.32. The van der Waals surface area contributed by atoms with Crippen LogP contribution in [0.1, 0.15) is 26.3 Å². The molecule has 1 fully saturated rings. The van der Waals surface area contributed by atoms with E-state index in [1.165, 1.54) is 0 Å². The Morgan fingerprint density at radius 3 is 2.41 bits per heavy atom. The molecule has 0 aliphatic carbocycles. The Labute approximate surface area is 114 Å². The van der Waals surface area contributed by atoms with Crippen molar-refractivity contribution in [3.05, 3.63) is 34.9 Å². The van der Waals surface area contributed by atoms with Gasteiger partial charge in [0.05, 0.1) is 6.61 Å². The van der Waals surface area contributed by atoms with Gasteiger partial charge in [0.25, 0.3) is 0 Å². The predicted molar refractivity (Wildman–Crippen MR) is 73.8 cm³/mol. The minimum Gasteiger partial charge on any atom is -0.356 e. The molecule has 4 heteroatoms. The summed E-state index contributed by atoms with van der Waals surface area (Å²) in [6.07, 6.45) is 0. The van der Waals surface area contributed by atoms with Gasteiger partial charge in [-0.25, -0.2) is 0 Å². The molecule has 96 valence electrons. The van der Waals surface area contributed by atoms with Gasteiger partial charge >= 0.3 is 0 Å². The second kappa shape index (κ2) is 5.15. The minimum atomic E-state index is -0.464. The molecule has 1 aliphatic rings. The van der Waals surface area contributed by atoms with Crippen LogP contribution in [0.15, 0.2) is 24.3 Å². The first-order valence-electron chi connectivity index (χ1n) is 5.57. The van der Waals surface area contributed by atoms with E-state index in [0.717, 1.165) is 23.7 Å². The quantitative estimate of drug-likeness (QED) is 0.846. The largest absolute Gasteiger partial charge is 0.356 e. The third kappa shape index (κ3) is 3.14. The molecule has 17 heavy (non-hydrogen) atoms. The van der Waals surface area contributed by atoms with E-state index in [2.05, 4.69) is 19.2 Å². The molecule has 1 aromatic carbocycles. The van der Waals surface area contributed by atoms with Gasteiger partial charge in [-0.15, -0.1) is 12.4 Å². The highest BCUT2D eigenvalue weighted by atomic mass is 35.5. The lowest BCUT2D eigenvalue weighted by Crippen LogP contribution is -2.53. The Morgan fingerprint density at radius 1 is 1.24 bits per heavy atom. The van der Waals surface area contributed by atoms with E-state index in [1.807, 2.05) is 31.2 Å². The zero-order chi connectivity index (χ0) is 11.8. The van der Waals surface area contributed by atoms with Crippen molar-refractivity contribution in [2.75, 3.05) is 13.2 Å². The fourth-order valence-electron chi connectivity index (χ4n) is 1.87. The molecule has 2 rings (SSSR count). The van der Waals surface area contributed by atoms with Crippen molar-refractivity contribution in [2.24, 2.45) is 5.41 Å². The number of rotatable bonds is 1. The van der Waals surface area contributed by atoms with Crippen LogP contribution in [0, 0.1) is 5.41 Å². The molecule has 1 unspecified atom stereocenters. The van der Waals surface area contributed by atoms with Crippen LogP contribution in [0.5, 0.6) is 0 Å². The molecule has 0 amide bonds. The topological polar surface area (TPSA) is 21.3 Å². The summed E-state index contributed by atoms with van der Waals surface area (Å²) in [5.41, 5.74) is 0.724. The molecule has 1 atom stereocenters. The Morgan fingerprint density at radius 2 is 1.88 bits per heavy atom. The fourth-order valence-corrected chi connectivity index (χ4v) is 2.19. The minimum absolute atomic E-state index is 0. The second-order valence-corrected chi connectivity index (χ2v) is 5.73. The van der Waals surface area contributed by atoms with Gasteiger partial charge in [-0.3, -0.25) is 5.32 Å².